The van der Waals surface area contributed by atoms with Crippen LogP contribution in [0.3, 0.4) is 0 Å². The number of benzene rings is 2. The van der Waals surface area contributed by atoms with E-state index in [2.05, 4.69) is 86.3 Å². The molecule has 0 unspecified atom stereocenters. The zero-order valence-corrected chi connectivity index (χ0v) is 24.1. The van der Waals surface area contributed by atoms with Crippen LogP contribution >= 0.6 is 0 Å². The maximum absolute atomic E-state index is 12.3. The van der Waals surface area contributed by atoms with Crippen LogP contribution in [0.1, 0.15) is 73.6 Å². The van der Waals surface area contributed by atoms with Gasteiger partial charge in [-0.1, -0.05) is 81.4 Å². The lowest BCUT2D eigenvalue weighted by atomic mass is 9.82. The Balaban J connectivity index is 1.39. The zero-order valence-electron chi connectivity index (χ0n) is 23.1. The van der Waals surface area contributed by atoms with Gasteiger partial charge in [0.1, 0.15) is 5.60 Å². The first-order valence-electron chi connectivity index (χ1n) is 13.7. The summed E-state index contributed by atoms with van der Waals surface area (Å²) < 4.78 is 12.8. The molecule has 4 nitrogen and oxygen atoms in total. The number of esters is 1. The van der Waals surface area contributed by atoms with Crippen LogP contribution in [0.2, 0.25) is 5.04 Å². The highest BCUT2D eigenvalue weighted by molar-refractivity contribution is 6.99. The van der Waals surface area contributed by atoms with Gasteiger partial charge in [-0.25, -0.2) is 0 Å². The minimum Gasteiger partial charge on any atom is -0.460 e. The Morgan fingerprint density at radius 3 is 1.78 bits per heavy atom. The predicted octanol–water partition coefficient (Wildman–Crippen LogP) is 5.54. The number of likely N-dealkylation sites (tertiary alicyclic amines) is 1. The van der Waals surface area contributed by atoms with Crippen LogP contribution in [0, 0.1) is 5.92 Å². The van der Waals surface area contributed by atoms with E-state index in [4.69, 9.17) is 9.16 Å². The number of ether oxygens (including phenoxy) is 1. The van der Waals surface area contributed by atoms with E-state index in [9.17, 15) is 4.79 Å². The van der Waals surface area contributed by atoms with E-state index in [0.717, 1.165) is 25.9 Å². The van der Waals surface area contributed by atoms with Crippen molar-refractivity contribution in [3.8, 4) is 0 Å². The molecule has 0 spiro atoms. The second-order valence-electron chi connectivity index (χ2n) is 12.8. The van der Waals surface area contributed by atoms with E-state index in [1.807, 2.05) is 20.8 Å². The van der Waals surface area contributed by atoms with Gasteiger partial charge in [0, 0.05) is 25.6 Å². The van der Waals surface area contributed by atoms with Gasteiger partial charge in [-0.15, -0.1) is 0 Å². The molecule has 2 aromatic rings. The minimum atomic E-state index is -2.49. The first-order chi connectivity index (χ1) is 17.0. The van der Waals surface area contributed by atoms with Crippen molar-refractivity contribution < 1.29 is 14.0 Å². The lowest BCUT2D eigenvalue weighted by Gasteiger charge is -2.52. The Morgan fingerprint density at radius 2 is 1.33 bits per heavy atom. The third-order valence-corrected chi connectivity index (χ3v) is 12.9. The minimum absolute atomic E-state index is 0.00977. The fourth-order valence-corrected chi connectivity index (χ4v) is 10.8. The number of rotatable bonds is 7. The van der Waals surface area contributed by atoms with E-state index in [1.165, 1.54) is 23.2 Å². The maximum atomic E-state index is 12.3. The van der Waals surface area contributed by atoms with Crippen LogP contribution in [0.4, 0.5) is 0 Å². The number of hydrogen-bond acceptors (Lipinski definition) is 4. The van der Waals surface area contributed by atoms with Crippen LogP contribution in [0.5, 0.6) is 0 Å². The molecule has 1 aliphatic carbocycles. The molecule has 36 heavy (non-hydrogen) atoms. The van der Waals surface area contributed by atoms with Gasteiger partial charge in [-0.05, 0) is 67.8 Å². The van der Waals surface area contributed by atoms with E-state index in [-0.39, 0.29) is 17.1 Å². The summed E-state index contributed by atoms with van der Waals surface area (Å²) in [6.07, 6.45) is 5.37. The molecule has 0 N–H and O–H groups in total. The summed E-state index contributed by atoms with van der Waals surface area (Å²) in [7, 11) is -2.49. The number of carbonyl (C=O) groups excluding carboxylic acids is 1. The molecular weight excluding hydrogens is 462 g/mol. The van der Waals surface area contributed by atoms with E-state index < -0.39 is 13.9 Å². The Hall–Kier alpha value is -1.95. The molecule has 2 fully saturated rings. The van der Waals surface area contributed by atoms with E-state index in [1.54, 1.807) is 0 Å². The molecule has 0 aromatic heterocycles. The average Bonchev–Trinajstić information content (AvgIpc) is 2.78. The number of carbonyl (C=O) groups is 1. The summed E-state index contributed by atoms with van der Waals surface area (Å²) in [5.41, 5.74) is -0.397. The summed E-state index contributed by atoms with van der Waals surface area (Å²) in [5, 5.41) is 2.71. The first kappa shape index (κ1) is 27.1. The molecule has 2 aromatic carbocycles. The molecule has 0 bridgehead atoms. The van der Waals surface area contributed by atoms with Gasteiger partial charge in [0.05, 0.1) is 6.10 Å². The van der Waals surface area contributed by atoms with Crippen molar-refractivity contribution in [2.75, 3.05) is 13.1 Å². The highest BCUT2D eigenvalue weighted by atomic mass is 28.4. The van der Waals surface area contributed by atoms with Gasteiger partial charge in [0.25, 0.3) is 8.32 Å². The standard InChI is InChI=1S/C31H45NO3Si/c1-30(2,3)34-29(33)21-24-17-19-25(20-18-24)32-22-26(23-32)35-36(31(4,5)6,27-13-9-7-10-14-27)28-15-11-8-12-16-28/h7-16,24-26H,17-23H2,1-6H3. The molecule has 4 rings (SSSR count). The Morgan fingerprint density at radius 1 is 0.833 bits per heavy atom. The molecule has 2 aliphatic rings. The lowest BCUT2D eigenvalue weighted by Crippen LogP contribution is -2.71. The third-order valence-electron chi connectivity index (χ3n) is 7.84. The Kier molecular flexibility index (Phi) is 8.13. The van der Waals surface area contributed by atoms with Crippen LogP contribution in [0.15, 0.2) is 60.7 Å². The topological polar surface area (TPSA) is 38.8 Å². The summed E-state index contributed by atoms with van der Waals surface area (Å²) in [4.78, 5) is 14.9. The zero-order chi connectivity index (χ0) is 26.0. The second kappa shape index (κ2) is 10.8. The van der Waals surface area contributed by atoms with E-state index >= 15 is 0 Å². The lowest BCUT2D eigenvalue weighted by molar-refractivity contribution is -0.156. The number of hydrogen-bond donors (Lipinski definition) is 0. The largest absolute Gasteiger partial charge is 0.460 e. The van der Waals surface area contributed by atoms with Crippen LogP contribution in [-0.2, 0) is 14.0 Å². The van der Waals surface area contributed by atoms with Gasteiger partial charge in [0.2, 0.25) is 0 Å². The summed E-state index contributed by atoms with van der Waals surface area (Å²) in [5.74, 6) is 0.412. The molecule has 1 aliphatic heterocycles. The fraction of sp³-hybridized carbons (Fsp3) is 0.581. The Labute approximate surface area is 219 Å². The van der Waals surface area contributed by atoms with Crippen molar-refractivity contribution in [2.24, 2.45) is 5.92 Å². The third kappa shape index (κ3) is 6.12. The molecule has 1 saturated carbocycles. The molecule has 0 atom stereocenters. The van der Waals surface area contributed by atoms with Crippen molar-refractivity contribution in [1.82, 2.24) is 4.90 Å². The van der Waals surface area contributed by atoms with Gasteiger partial charge in [-0.3, -0.25) is 9.69 Å². The summed E-state index contributed by atoms with van der Waals surface area (Å²) in [6.45, 7) is 14.9. The van der Waals surface area contributed by atoms with Gasteiger partial charge in [-0.2, -0.15) is 0 Å². The number of nitrogens with zero attached hydrogens (tertiary/aromatic N) is 1. The molecular formula is C31H45NO3Si. The smallest absolute Gasteiger partial charge is 0.306 e. The molecule has 1 saturated heterocycles. The van der Waals surface area contributed by atoms with Gasteiger partial charge in [0.15, 0.2) is 0 Å². The molecule has 5 heteroatoms. The highest BCUT2D eigenvalue weighted by Gasteiger charge is 2.53. The molecule has 0 amide bonds. The van der Waals surface area contributed by atoms with Crippen molar-refractivity contribution in [1.29, 1.82) is 0 Å². The maximum Gasteiger partial charge on any atom is 0.306 e. The van der Waals surface area contributed by atoms with Gasteiger partial charge >= 0.3 is 5.97 Å². The van der Waals surface area contributed by atoms with Crippen molar-refractivity contribution in [3.05, 3.63) is 60.7 Å². The molecule has 1 heterocycles. The SMILES string of the molecule is CC(C)(C)OC(=O)CC1CCC(N2CC(O[Si](c3ccccc3)(c3ccccc3)C(C)(C)C)C2)CC1. The molecule has 196 valence electrons. The predicted molar refractivity (Wildman–Crippen MR) is 150 cm³/mol. The highest BCUT2D eigenvalue weighted by Crippen LogP contribution is 2.39. The summed E-state index contributed by atoms with van der Waals surface area (Å²) >= 11 is 0. The van der Waals surface area contributed by atoms with Crippen molar-refractivity contribution in [3.63, 3.8) is 0 Å². The van der Waals surface area contributed by atoms with Crippen LogP contribution in [0.25, 0.3) is 0 Å². The van der Waals surface area contributed by atoms with Crippen LogP contribution in [-0.4, -0.2) is 50.0 Å². The van der Waals surface area contributed by atoms with Crippen molar-refractivity contribution in [2.45, 2.75) is 96.4 Å². The Bertz CT molecular complexity index is 942. The van der Waals surface area contributed by atoms with E-state index in [0.29, 0.717) is 18.4 Å². The van der Waals surface area contributed by atoms with Crippen LogP contribution < -0.4 is 10.4 Å². The second-order valence-corrected chi connectivity index (χ2v) is 17.1. The summed E-state index contributed by atoms with van der Waals surface area (Å²) in [6, 6.07) is 22.5. The normalized spacial score (nSPS) is 22.2. The average molecular weight is 508 g/mol. The quantitative estimate of drug-likeness (QED) is 0.364. The molecule has 0 radical (unpaired) electrons. The first-order valence-corrected chi connectivity index (χ1v) is 15.6. The van der Waals surface area contributed by atoms with Crippen molar-refractivity contribution >= 4 is 24.7 Å². The monoisotopic (exact) mass is 507 g/mol. The van der Waals surface area contributed by atoms with Gasteiger partial charge < -0.3 is 9.16 Å². The fourth-order valence-electron chi connectivity index (χ4n) is 6.12.